The Morgan fingerprint density at radius 2 is 1.59 bits per heavy atom. The molecule has 5 nitrogen and oxygen atoms in total. The molecule has 27 heavy (non-hydrogen) atoms. The van der Waals surface area contributed by atoms with Gasteiger partial charge in [0.25, 0.3) is 0 Å². The number of halogens is 1. The van der Waals surface area contributed by atoms with Gasteiger partial charge in [-0.15, -0.1) is 24.0 Å². The lowest BCUT2D eigenvalue weighted by molar-refractivity contribution is 0.328. The first-order valence-electron chi connectivity index (χ1n) is 8.89. The minimum absolute atomic E-state index is 0. The summed E-state index contributed by atoms with van der Waals surface area (Å²) in [4.78, 5) is 8.82. The normalized spacial score (nSPS) is 11.1. The molecule has 0 fully saturated rings. The van der Waals surface area contributed by atoms with Crippen molar-refractivity contribution in [3.8, 4) is 5.75 Å². The van der Waals surface area contributed by atoms with Crippen LogP contribution >= 0.6 is 24.0 Å². The SMILES string of the molecule is CN=C(NCCN(C)Cc1ccccc1)N(C)Cc1ccc(OC)cc1.I. The molecule has 0 unspecified atom stereocenters. The molecule has 1 N–H and O–H groups in total. The van der Waals surface area contributed by atoms with Gasteiger partial charge in [0.05, 0.1) is 7.11 Å². The van der Waals surface area contributed by atoms with Crippen LogP contribution in [0.15, 0.2) is 59.6 Å². The molecule has 0 aliphatic rings. The Kier molecular flexibility index (Phi) is 10.8. The predicted octanol–water partition coefficient (Wildman–Crippen LogP) is 3.45. The summed E-state index contributed by atoms with van der Waals surface area (Å²) < 4.78 is 5.21. The number of aliphatic imine (C=N–C) groups is 1. The van der Waals surface area contributed by atoms with Gasteiger partial charge in [0, 0.05) is 40.3 Å². The van der Waals surface area contributed by atoms with Crippen LogP contribution in [0.2, 0.25) is 0 Å². The molecule has 0 aliphatic carbocycles. The van der Waals surface area contributed by atoms with Gasteiger partial charge < -0.3 is 19.9 Å². The van der Waals surface area contributed by atoms with Crippen molar-refractivity contribution in [3.63, 3.8) is 0 Å². The molecular formula is C21H31IN4O. The summed E-state index contributed by atoms with van der Waals surface area (Å²) in [5.41, 5.74) is 2.55. The van der Waals surface area contributed by atoms with Crippen LogP contribution in [0.5, 0.6) is 5.75 Å². The average molecular weight is 482 g/mol. The van der Waals surface area contributed by atoms with Crippen molar-refractivity contribution in [1.82, 2.24) is 15.1 Å². The zero-order valence-corrected chi connectivity index (χ0v) is 19.0. The number of hydrogen-bond acceptors (Lipinski definition) is 3. The first-order chi connectivity index (χ1) is 12.6. The Bertz CT molecular complexity index is 676. The lowest BCUT2D eigenvalue weighted by atomic mass is 10.2. The van der Waals surface area contributed by atoms with Crippen LogP contribution < -0.4 is 10.1 Å². The maximum atomic E-state index is 5.21. The van der Waals surface area contributed by atoms with E-state index in [-0.39, 0.29) is 24.0 Å². The highest BCUT2D eigenvalue weighted by Gasteiger charge is 2.07. The smallest absolute Gasteiger partial charge is 0.193 e. The van der Waals surface area contributed by atoms with Crippen LogP contribution in [0.25, 0.3) is 0 Å². The summed E-state index contributed by atoms with van der Waals surface area (Å²) >= 11 is 0. The third-order valence-corrected chi connectivity index (χ3v) is 4.22. The summed E-state index contributed by atoms with van der Waals surface area (Å²) in [5.74, 6) is 1.77. The zero-order chi connectivity index (χ0) is 18.8. The molecule has 0 saturated heterocycles. The number of ether oxygens (including phenoxy) is 1. The van der Waals surface area contributed by atoms with E-state index in [4.69, 9.17) is 4.74 Å². The molecule has 0 aromatic heterocycles. The van der Waals surface area contributed by atoms with Gasteiger partial charge in [-0.25, -0.2) is 0 Å². The highest BCUT2D eigenvalue weighted by Crippen LogP contribution is 2.12. The Hall–Kier alpha value is -1.80. The third kappa shape index (κ3) is 8.17. The van der Waals surface area contributed by atoms with E-state index in [0.717, 1.165) is 37.9 Å². The first-order valence-corrected chi connectivity index (χ1v) is 8.89. The van der Waals surface area contributed by atoms with Crippen LogP contribution in [-0.4, -0.2) is 57.1 Å². The van der Waals surface area contributed by atoms with Gasteiger partial charge in [-0.3, -0.25) is 4.99 Å². The largest absolute Gasteiger partial charge is 0.497 e. The number of hydrogen-bond donors (Lipinski definition) is 1. The van der Waals surface area contributed by atoms with Gasteiger partial charge in [0.1, 0.15) is 5.75 Å². The second-order valence-electron chi connectivity index (χ2n) is 6.40. The van der Waals surface area contributed by atoms with E-state index in [1.807, 2.05) is 32.3 Å². The monoisotopic (exact) mass is 482 g/mol. The van der Waals surface area contributed by atoms with E-state index >= 15 is 0 Å². The van der Waals surface area contributed by atoms with E-state index in [1.165, 1.54) is 11.1 Å². The fourth-order valence-corrected chi connectivity index (χ4v) is 2.80. The molecule has 0 aliphatic heterocycles. The van der Waals surface area contributed by atoms with Gasteiger partial charge in [0.15, 0.2) is 5.96 Å². The van der Waals surface area contributed by atoms with E-state index in [0.29, 0.717) is 0 Å². The highest BCUT2D eigenvalue weighted by atomic mass is 127. The lowest BCUT2D eigenvalue weighted by Crippen LogP contribution is -2.41. The number of methoxy groups -OCH3 is 1. The van der Waals surface area contributed by atoms with Gasteiger partial charge in [-0.05, 0) is 30.3 Å². The second kappa shape index (κ2) is 12.6. The second-order valence-corrected chi connectivity index (χ2v) is 6.40. The number of rotatable bonds is 8. The number of nitrogens with one attached hydrogen (secondary N) is 1. The summed E-state index contributed by atoms with van der Waals surface area (Å²) in [5, 5.41) is 3.44. The van der Waals surface area contributed by atoms with E-state index in [1.54, 1.807) is 7.11 Å². The molecule has 0 bridgehead atoms. The molecule has 2 aromatic rings. The maximum Gasteiger partial charge on any atom is 0.193 e. The number of nitrogens with zero attached hydrogens (tertiary/aromatic N) is 3. The van der Waals surface area contributed by atoms with Crippen molar-refractivity contribution in [2.24, 2.45) is 4.99 Å². The summed E-state index contributed by atoms with van der Waals surface area (Å²) in [6.07, 6.45) is 0. The minimum Gasteiger partial charge on any atom is -0.497 e. The van der Waals surface area contributed by atoms with Gasteiger partial charge in [-0.2, -0.15) is 0 Å². The Balaban J connectivity index is 0.00000364. The Morgan fingerprint density at radius 1 is 0.963 bits per heavy atom. The molecule has 2 aromatic carbocycles. The van der Waals surface area contributed by atoms with Crippen molar-refractivity contribution >= 4 is 29.9 Å². The molecule has 0 amide bonds. The minimum atomic E-state index is 0. The molecule has 148 valence electrons. The van der Waals surface area contributed by atoms with Crippen LogP contribution in [0, 0.1) is 0 Å². The molecule has 0 saturated carbocycles. The van der Waals surface area contributed by atoms with Crippen molar-refractivity contribution in [3.05, 3.63) is 65.7 Å². The molecule has 0 atom stereocenters. The summed E-state index contributed by atoms with van der Waals surface area (Å²) in [6, 6.07) is 18.7. The number of benzene rings is 2. The van der Waals surface area contributed by atoms with E-state index in [2.05, 4.69) is 63.6 Å². The molecule has 0 heterocycles. The van der Waals surface area contributed by atoms with Crippen molar-refractivity contribution in [2.75, 3.05) is 41.3 Å². The fraction of sp³-hybridized carbons (Fsp3) is 0.381. The third-order valence-electron chi connectivity index (χ3n) is 4.22. The standard InChI is InChI=1S/C21H30N4O.HI/c1-22-21(25(3)17-19-10-12-20(26-4)13-11-19)23-14-15-24(2)16-18-8-6-5-7-9-18;/h5-13H,14-17H2,1-4H3,(H,22,23);1H. The van der Waals surface area contributed by atoms with E-state index < -0.39 is 0 Å². The Morgan fingerprint density at radius 3 is 2.19 bits per heavy atom. The van der Waals surface area contributed by atoms with Crippen LogP contribution in [0.4, 0.5) is 0 Å². The van der Waals surface area contributed by atoms with Crippen LogP contribution in [0.1, 0.15) is 11.1 Å². The molecular weight excluding hydrogens is 451 g/mol. The lowest BCUT2D eigenvalue weighted by Gasteiger charge is -2.24. The summed E-state index contributed by atoms with van der Waals surface area (Å²) in [6.45, 7) is 3.54. The maximum absolute atomic E-state index is 5.21. The predicted molar refractivity (Wildman–Crippen MR) is 124 cm³/mol. The van der Waals surface area contributed by atoms with Crippen LogP contribution in [0.3, 0.4) is 0 Å². The number of likely N-dealkylation sites (N-methyl/N-ethyl adjacent to an activating group) is 1. The molecule has 0 radical (unpaired) electrons. The molecule has 2 rings (SSSR count). The van der Waals surface area contributed by atoms with Gasteiger partial charge >= 0.3 is 0 Å². The zero-order valence-electron chi connectivity index (χ0n) is 16.7. The molecule has 0 spiro atoms. The number of guanidine groups is 1. The van der Waals surface area contributed by atoms with E-state index in [9.17, 15) is 0 Å². The van der Waals surface area contributed by atoms with Crippen molar-refractivity contribution in [2.45, 2.75) is 13.1 Å². The molecule has 6 heteroatoms. The summed E-state index contributed by atoms with van der Waals surface area (Å²) in [7, 11) is 7.69. The van der Waals surface area contributed by atoms with Crippen molar-refractivity contribution < 1.29 is 4.74 Å². The fourth-order valence-electron chi connectivity index (χ4n) is 2.80. The first kappa shape index (κ1) is 23.2. The van der Waals surface area contributed by atoms with Crippen molar-refractivity contribution in [1.29, 1.82) is 0 Å². The topological polar surface area (TPSA) is 40.1 Å². The van der Waals surface area contributed by atoms with Crippen LogP contribution in [-0.2, 0) is 13.1 Å². The quantitative estimate of drug-likeness (QED) is 0.356. The average Bonchev–Trinajstić information content (AvgIpc) is 2.66. The Labute approximate surface area is 180 Å². The van der Waals surface area contributed by atoms with Gasteiger partial charge in [-0.1, -0.05) is 42.5 Å². The highest BCUT2D eigenvalue weighted by molar-refractivity contribution is 14.0. The van der Waals surface area contributed by atoms with Gasteiger partial charge in [0.2, 0.25) is 0 Å².